The van der Waals surface area contributed by atoms with Gasteiger partial charge in [0.2, 0.25) is 5.91 Å². The molecule has 0 spiro atoms. The van der Waals surface area contributed by atoms with Crippen molar-refractivity contribution in [3.8, 4) is 0 Å². The second-order valence-corrected chi connectivity index (χ2v) is 27.4. The Balaban J connectivity index is 3.37. The zero-order valence-corrected chi connectivity index (χ0v) is 59.0. The molecule has 87 heavy (non-hydrogen) atoms. The van der Waals surface area contributed by atoms with Crippen molar-refractivity contribution in [3.63, 3.8) is 0 Å². The summed E-state index contributed by atoms with van der Waals surface area (Å²) in [6.07, 6.45) is 99.9. The molecule has 514 valence electrons. The lowest BCUT2D eigenvalue weighted by Gasteiger charge is -2.20. The van der Waals surface area contributed by atoms with Gasteiger partial charge in [-0.3, -0.25) is 9.59 Å². The van der Waals surface area contributed by atoms with Gasteiger partial charge in [-0.15, -0.1) is 0 Å². The third-order valence-electron chi connectivity index (χ3n) is 18.6. The molecule has 0 saturated carbocycles. The number of hydrogen-bond donors (Lipinski definition) is 3. The number of unbranched alkanes of at least 4 members (excludes halogenated alkanes) is 60. The maximum Gasteiger partial charge on any atom is 0.305 e. The minimum Gasteiger partial charge on any atom is -0.466 e. The summed E-state index contributed by atoms with van der Waals surface area (Å²) in [4.78, 5) is 24.6. The van der Waals surface area contributed by atoms with Crippen LogP contribution < -0.4 is 5.32 Å². The summed E-state index contributed by atoms with van der Waals surface area (Å²) >= 11 is 0. The zero-order chi connectivity index (χ0) is 62.8. The van der Waals surface area contributed by atoms with Crippen LogP contribution in [0.4, 0.5) is 0 Å². The molecule has 1 amide bonds. The highest BCUT2D eigenvalue weighted by molar-refractivity contribution is 5.76. The van der Waals surface area contributed by atoms with Crippen LogP contribution in [0.5, 0.6) is 0 Å². The molecule has 0 rings (SSSR count). The summed E-state index contributed by atoms with van der Waals surface area (Å²) in [5.41, 5.74) is 0. The Morgan fingerprint density at radius 1 is 0.310 bits per heavy atom. The molecule has 0 radical (unpaired) electrons. The topological polar surface area (TPSA) is 95.9 Å². The van der Waals surface area contributed by atoms with E-state index in [1.165, 1.54) is 372 Å². The van der Waals surface area contributed by atoms with Gasteiger partial charge in [0.05, 0.1) is 25.4 Å². The van der Waals surface area contributed by atoms with E-state index >= 15 is 0 Å². The Hall–Kier alpha value is -1.92. The number of allylic oxidation sites excluding steroid dienone is 5. The van der Waals surface area contributed by atoms with E-state index in [1.807, 2.05) is 6.08 Å². The van der Waals surface area contributed by atoms with Gasteiger partial charge >= 0.3 is 5.97 Å². The molecule has 0 aliphatic rings. The van der Waals surface area contributed by atoms with Crippen LogP contribution in [0.25, 0.3) is 0 Å². The predicted octanol–water partition coefficient (Wildman–Crippen LogP) is 26.2. The predicted molar refractivity (Wildman–Crippen MR) is 384 cm³/mol. The molecule has 0 aliphatic heterocycles. The van der Waals surface area contributed by atoms with Crippen molar-refractivity contribution in [1.82, 2.24) is 5.32 Å². The summed E-state index contributed by atoms with van der Waals surface area (Å²) in [7, 11) is 0. The largest absolute Gasteiger partial charge is 0.466 e. The molecule has 0 aromatic carbocycles. The van der Waals surface area contributed by atoms with Crippen LogP contribution in [0.3, 0.4) is 0 Å². The number of esters is 1. The number of amides is 1. The number of aliphatic hydroxyl groups is 2. The van der Waals surface area contributed by atoms with Gasteiger partial charge in [-0.1, -0.05) is 391 Å². The van der Waals surface area contributed by atoms with Crippen LogP contribution in [-0.4, -0.2) is 47.4 Å². The minimum absolute atomic E-state index is 0.00938. The maximum absolute atomic E-state index is 12.6. The van der Waals surface area contributed by atoms with Gasteiger partial charge in [0, 0.05) is 12.8 Å². The molecule has 3 N–H and O–H groups in total. The van der Waals surface area contributed by atoms with Crippen LogP contribution in [0.2, 0.25) is 0 Å². The molecule has 0 fully saturated rings. The van der Waals surface area contributed by atoms with Crippen molar-refractivity contribution in [1.29, 1.82) is 0 Å². The molecule has 0 aromatic rings. The summed E-state index contributed by atoms with van der Waals surface area (Å²) in [6.45, 7) is 4.91. The lowest BCUT2D eigenvalue weighted by atomic mass is 10.0. The summed E-state index contributed by atoms with van der Waals surface area (Å²) in [5, 5.41) is 23.3. The first kappa shape index (κ1) is 85.1. The summed E-state index contributed by atoms with van der Waals surface area (Å²) in [5.74, 6) is -0.0500. The number of hydrogen-bond acceptors (Lipinski definition) is 5. The van der Waals surface area contributed by atoms with Gasteiger partial charge in [-0.05, 0) is 77.0 Å². The Morgan fingerprint density at radius 3 is 0.851 bits per heavy atom. The van der Waals surface area contributed by atoms with Crippen LogP contribution >= 0.6 is 0 Å². The molecule has 6 heteroatoms. The molecule has 0 bridgehead atoms. The number of carbonyl (C=O) groups is 2. The van der Waals surface area contributed by atoms with Crippen molar-refractivity contribution in [2.24, 2.45) is 0 Å². The maximum atomic E-state index is 12.6. The fraction of sp³-hybridized carbons (Fsp3) is 0.901. The third-order valence-corrected chi connectivity index (χ3v) is 18.6. The van der Waals surface area contributed by atoms with Crippen LogP contribution in [0, 0.1) is 0 Å². The first-order valence-corrected chi connectivity index (χ1v) is 39.8. The molecular weight excluding hydrogens is 1070 g/mol. The molecule has 0 saturated heterocycles. The first-order chi connectivity index (χ1) is 43.0. The van der Waals surface area contributed by atoms with E-state index in [0.717, 1.165) is 44.9 Å². The second-order valence-electron chi connectivity index (χ2n) is 27.4. The second kappa shape index (κ2) is 76.5. The Kier molecular flexibility index (Phi) is 74.8. The van der Waals surface area contributed by atoms with E-state index in [4.69, 9.17) is 4.74 Å². The van der Waals surface area contributed by atoms with Crippen molar-refractivity contribution < 1.29 is 24.5 Å². The van der Waals surface area contributed by atoms with Gasteiger partial charge in [0.15, 0.2) is 0 Å². The van der Waals surface area contributed by atoms with Gasteiger partial charge in [-0.2, -0.15) is 0 Å². The molecular formula is C81H155NO5. The lowest BCUT2D eigenvalue weighted by Crippen LogP contribution is -2.45. The standard InChI is InChI=1S/C81H155NO5/c1-3-5-7-9-11-13-15-16-17-18-19-20-21-35-38-41-44-47-50-54-57-61-65-69-73-79(84)78(77-83)82-80(85)74-70-66-62-58-55-51-48-45-42-39-36-33-31-29-27-25-23-22-24-26-28-30-32-34-37-40-43-46-49-52-56-60-64-68-72-76-87-81(86)75-71-67-63-59-53-14-12-10-8-6-4-2/h10,12,24,26,69,73,78-79,83-84H,3-9,11,13-23,25,27-68,70-72,74-77H2,1-2H3,(H,82,85)/b12-10-,26-24-,73-69+. The number of ether oxygens (including phenoxy) is 1. The minimum atomic E-state index is -0.844. The smallest absolute Gasteiger partial charge is 0.305 e. The van der Waals surface area contributed by atoms with E-state index in [9.17, 15) is 19.8 Å². The number of nitrogens with one attached hydrogen (secondary N) is 1. The highest BCUT2D eigenvalue weighted by Gasteiger charge is 2.18. The first-order valence-electron chi connectivity index (χ1n) is 39.8. The van der Waals surface area contributed by atoms with Gasteiger partial charge in [0.1, 0.15) is 0 Å². The molecule has 2 atom stereocenters. The monoisotopic (exact) mass is 1220 g/mol. The van der Waals surface area contributed by atoms with Crippen LogP contribution in [0.1, 0.15) is 444 Å². The molecule has 0 heterocycles. The quantitative estimate of drug-likeness (QED) is 0.0320. The molecule has 0 aromatic heterocycles. The number of rotatable bonds is 75. The molecule has 6 nitrogen and oxygen atoms in total. The van der Waals surface area contributed by atoms with Gasteiger partial charge in [0.25, 0.3) is 0 Å². The van der Waals surface area contributed by atoms with E-state index in [0.29, 0.717) is 19.4 Å². The Labute approximate surface area is 544 Å². The fourth-order valence-corrected chi connectivity index (χ4v) is 12.6. The van der Waals surface area contributed by atoms with Crippen molar-refractivity contribution in [2.75, 3.05) is 13.2 Å². The van der Waals surface area contributed by atoms with Gasteiger partial charge < -0.3 is 20.3 Å². The average molecular weight is 1220 g/mol. The SMILES string of the molecule is CCCC/C=C\CCCCCCCC(=O)OCCCCCCCCCCCCCCCC/C=C\CCCCCCCCCCCCCCCCCCCC(=O)NC(CO)C(O)/C=C/CCCCCCCCCCCCCCCCCCCCCCCC. The Bertz CT molecular complexity index is 1410. The van der Waals surface area contributed by atoms with Crippen molar-refractivity contribution >= 4 is 11.9 Å². The zero-order valence-electron chi connectivity index (χ0n) is 59.0. The van der Waals surface area contributed by atoms with E-state index in [1.54, 1.807) is 6.08 Å². The van der Waals surface area contributed by atoms with E-state index in [-0.39, 0.29) is 18.5 Å². The summed E-state index contributed by atoms with van der Waals surface area (Å²) < 4.78 is 5.47. The highest BCUT2D eigenvalue weighted by Crippen LogP contribution is 2.20. The van der Waals surface area contributed by atoms with E-state index < -0.39 is 12.1 Å². The van der Waals surface area contributed by atoms with Crippen molar-refractivity contribution in [3.05, 3.63) is 36.5 Å². The average Bonchev–Trinajstić information content (AvgIpc) is 3.54. The van der Waals surface area contributed by atoms with Crippen LogP contribution in [0.15, 0.2) is 36.5 Å². The van der Waals surface area contributed by atoms with E-state index in [2.05, 4.69) is 43.5 Å². The number of carbonyl (C=O) groups excluding carboxylic acids is 2. The fourth-order valence-electron chi connectivity index (χ4n) is 12.6. The number of aliphatic hydroxyl groups excluding tert-OH is 2. The highest BCUT2D eigenvalue weighted by atomic mass is 16.5. The van der Waals surface area contributed by atoms with Crippen molar-refractivity contribution in [2.45, 2.75) is 456 Å². The normalized spacial score (nSPS) is 12.6. The van der Waals surface area contributed by atoms with Gasteiger partial charge in [-0.25, -0.2) is 0 Å². The molecule has 2 unspecified atom stereocenters. The Morgan fingerprint density at radius 2 is 0.552 bits per heavy atom. The lowest BCUT2D eigenvalue weighted by molar-refractivity contribution is -0.143. The molecule has 0 aliphatic carbocycles. The third kappa shape index (κ3) is 73.0. The summed E-state index contributed by atoms with van der Waals surface area (Å²) in [6, 6.07) is -0.627. The van der Waals surface area contributed by atoms with Crippen LogP contribution in [-0.2, 0) is 14.3 Å².